The lowest BCUT2D eigenvalue weighted by Crippen LogP contribution is -2.48. The highest BCUT2D eigenvalue weighted by molar-refractivity contribution is 5.88. The summed E-state index contributed by atoms with van der Waals surface area (Å²) in [4.78, 5) is 12.4. The van der Waals surface area contributed by atoms with E-state index in [1.165, 1.54) is 14.2 Å². The molecule has 1 aromatic carbocycles. The largest absolute Gasteiger partial charge is 0.493 e. The van der Waals surface area contributed by atoms with Crippen molar-refractivity contribution < 1.29 is 33.0 Å². The van der Waals surface area contributed by atoms with Gasteiger partial charge in [-0.1, -0.05) is 12.1 Å². The first kappa shape index (κ1) is 21.1. The number of carbonyl (C=O) groups excluding carboxylic acids is 1. The van der Waals surface area contributed by atoms with E-state index in [0.717, 1.165) is 11.3 Å². The molecule has 1 heterocycles. The van der Waals surface area contributed by atoms with Crippen molar-refractivity contribution in [2.24, 2.45) is 0 Å². The Morgan fingerprint density at radius 2 is 1.48 bits per heavy atom. The zero-order valence-corrected chi connectivity index (χ0v) is 17.6. The first-order chi connectivity index (χ1) is 13.9. The van der Waals surface area contributed by atoms with Crippen LogP contribution in [-0.2, 0) is 19.7 Å². The Kier molecular flexibility index (Phi) is 6.14. The molecule has 0 amide bonds. The van der Waals surface area contributed by atoms with Gasteiger partial charge in [0.15, 0.2) is 23.0 Å². The molecule has 1 fully saturated rings. The van der Waals surface area contributed by atoms with Crippen LogP contribution in [0.2, 0.25) is 0 Å². The summed E-state index contributed by atoms with van der Waals surface area (Å²) in [5.74, 6) is 2.06. The molecule has 8 heteroatoms. The zero-order valence-electron chi connectivity index (χ0n) is 17.6. The average Bonchev–Trinajstić information content (AvgIpc) is 3.25. The van der Waals surface area contributed by atoms with Crippen LogP contribution in [0.5, 0.6) is 17.2 Å². The van der Waals surface area contributed by atoms with Crippen LogP contribution < -0.4 is 14.2 Å². The van der Waals surface area contributed by atoms with E-state index in [-0.39, 0.29) is 5.78 Å². The van der Waals surface area contributed by atoms with Gasteiger partial charge in [-0.25, -0.2) is 0 Å². The van der Waals surface area contributed by atoms with Gasteiger partial charge in [0, 0.05) is 31.3 Å². The molecule has 1 aromatic heterocycles. The van der Waals surface area contributed by atoms with Gasteiger partial charge >= 0.3 is 0 Å². The molecule has 158 valence electrons. The quantitative estimate of drug-likeness (QED) is 0.695. The standard InChI is InChI=1S/C21H27NO7/c1-21(10-16(26-4)19(23)17(11-21)27-5)18-9-13(29-22-18)12-7-14(24-2)20(28-6)15(8-12)25-3/h7-9,16-17H,10-11H2,1-6H3. The van der Waals surface area contributed by atoms with Crippen molar-refractivity contribution in [3.05, 3.63) is 23.9 Å². The molecule has 0 saturated heterocycles. The van der Waals surface area contributed by atoms with Crippen molar-refractivity contribution in [1.29, 1.82) is 0 Å². The van der Waals surface area contributed by atoms with Crippen LogP contribution in [0.25, 0.3) is 11.3 Å². The summed E-state index contributed by atoms with van der Waals surface area (Å²) in [7, 11) is 7.73. The summed E-state index contributed by atoms with van der Waals surface area (Å²) in [5, 5.41) is 4.29. The highest BCUT2D eigenvalue weighted by Gasteiger charge is 2.46. The average molecular weight is 405 g/mol. The van der Waals surface area contributed by atoms with Gasteiger partial charge in [-0.15, -0.1) is 0 Å². The molecule has 2 unspecified atom stereocenters. The van der Waals surface area contributed by atoms with Crippen molar-refractivity contribution in [3.63, 3.8) is 0 Å². The Balaban J connectivity index is 1.98. The first-order valence-electron chi connectivity index (χ1n) is 9.27. The molecule has 1 aliphatic rings. The van der Waals surface area contributed by atoms with Gasteiger partial charge in [0.05, 0.1) is 27.0 Å². The number of Topliss-reactive ketones (excluding diaryl/α,β-unsaturated/α-hetero) is 1. The molecule has 2 atom stereocenters. The highest BCUT2D eigenvalue weighted by Crippen LogP contribution is 2.43. The SMILES string of the molecule is COc1cc(-c2cc(C3(C)CC(OC)C(=O)C(OC)C3)no2)cc(OC)c1OC. The van der Waals surface area contributed by atoms with E-state index in [1.807, 2.05) is 13.0 Å². The summed E-state index contributed by atoms with van der Waals surface area (Å²) in [6, 6.07) is 5.47. The lowest BCUT2D eigenvalue weighted by atomic mass is 9.70. The van der Waals surface area contributed by atoms with E-state index in [0.29, 0.717) is 35.9 Å². The second kappa shape index (κ2) is 8.42. The normalized spacial score (nSPS) is 24.4. The van der Waals surface area contributed by atoms with Crippen molar-refractivity contribution in [1.82, 2.24) is 5.16 Å². The van der Waals surface area contributed by atoms with Gasteiger partial charge in [0.25, 0.3) is 0 Å². The topological polar surface area (TPSA) is 89.3 Å². The van der Waals surface area contributed by atoms with Crippen LogP contribution in [0.3, 0.4) is 0 Å². The van der Waals surface area contributed by atoms with Gasteiger partial charge in [-0.3, -0.25) is 4.79 Å². The summed E-state index contributed by atoms with van der Waals surface area (Å²) >= 11 is 0. The molecule has 0 bridgehead atoms. The highest BCUT2D eigenvalue weighted by atomic mass is 16.5. The minimum Gasteiger partial charge on any atom is -0.493 e. The number of rotatable bonds is 7. The summed E-state index contributed by atoms with van der Waals surface area (Å²) in [6.07, 6.45) is -0.0765. The molecule has 2 aromatic rings. The van der Waals surface area contributed by atoms with E-state index in [2.05, 4.69) is 5.16 Å². The lowest BCUT2D eigenvalue weighted by molar-refractivity contribution is -0.146. The number of ketones is 1. The Bertz CT molecular complexity index is 835. The van der Waals surface area contributed by atoms with Gasteiger partial charge in [0.1, 0.15) is 12.2 Å². The Labute approximate surface area is 170 Å². The maximum absolute atomic E-state index is 12.4. The van der Waals surface area contributed by atoms with Crippen LogP contribution in [0.4, 0.5) is 0 Å². The maximum Gasteiger partial charge on any atom is 0.203 e. The third-order valence-corrected chi connectivity index (χ3v) is 5.55. The molecule has 1 aliphatic carbocycles. The number of methoxy groups -OCH3 is 5. The molecule has 8 nitrogen and oxygen atoms in total. The van der Waals surface area contributed by atoms with Gasteiger partial charge < -0.3 is 28.2 Å². The van der Waals surface area contributed by atoms with E-state index < -0.39 is 17.6 Å². The van der Waals surface area contributed by atoms with Crippen LogP contribution in [-0.4, -0.2) is 58.7 Å². The number of nitrogens with zero attached hydrogens (tertiary/aromatic N) is 1. The number of benzene rings is 1. The van der Waals surface area contributed by atoms with Crippen molar-refractivity contribution in [3.8, 4) is 28.6 Å². The molecule has 1 saturated carbocycles. The molecule has 0 aliphatic heterocycles. The third kappa shape index (κ3) is 3.82. The smallest absolute Gasteiger partial charge is 0.203 e. The zero-order chi connectivity index (χ0) is 21.2. The summed E-state index contributed by atoms with van der Waals surface area (Å²) in [5.41, 5.74) is 1.04. The van der Waals surface area contributed by atoms with E-state index in [4.69, 9.17) is 28.2 Å². The predicted molar refractivity (Wildman–Crippen MR) is 105 cm³/mol. The third-order valence-electron chi connectivity index (χ3n) is 5.55. The van der Waals surface area contributed by atoms with E-state index >= 15 is 0 Å². The van der Waals surface area contributed by atoms with Gasteiger partial charge in [0.2, 0.25) is 5.75 Å². The molecule has 0 spiro atoms. The monoisotopic (exact) mass is 405 g/mol. The Morgan fingerprint density at radius 1 is 0.931 bits per heavy atom. The fourth-order valence-corrected chi connectivity index (χ4v) is 3.84. The Morgan fingerprint density at radius 3 is 1.93 bits per heavy atom. The fourth-order valence-electron chi connectivity index (χ4n) is 3.84. The molecular weight excluding hydrogens is 378 g/mol. The van der Waals surface area contributed by atoms with Gasteiger partial charge in [-0.05, 0) is 25.0 Å². The second-order valence-corrected chi connectivity index (χ2v) is 7.31. The number of ether oxygens (including phenoxy) is 5. The van der Waals surface area contributed by atoms with Crippen molar-refractivity contribution in [2.75, 3.05) is 35.5 Å². The van der Waals surface area contributed by atoms with Gasteiger partial charge in [-0.2, -0.15) is 0 Å². The Hall–Kier alpha value is -2.58. The lowest BCUT2D eigenvalue weighted by Gasteiger charge is -2.38. The second-order valence-electron chi connectivity index (χ2n) is 7.31. The van der Waals surface area contributed by atoms with Crippen molar-refractivity contribution in [2.45, 2.75) is 37.4 Å². The molecular formula is C21H27NO7. The molecule has 0 radical (unpaired) electrons. The fraction of sp³-hybridized carbons (Fsp3) is 0.524. The maximum atomic E-state index is 12.4. The van der Waals surface area contributed by atoms with E-state index in [9.17, 15) is 4.79 Å². The van der Waals surface area contributed by atoms with Crippen LogP contribution in [0.15, 0.2) is 22.7 Å². The molecule has 3 rings (SSSR count). The first-order valence-corrected chi connectivity index (χ1v) is 9.27. The minimum atomic E-state index is -0.542. The number of aromatic nitrogens is 1. The predicted octanol–water partition coefficient (Wildman–Crippen LogP) is 3.02. The van der Waals surface area contributed by atoms with Crippen LogP contribution >= 0.6 is 0 Å². The molecule has 29 heavy (non-hydrogen) atoms. The van der Waals surface area contributed by atoms with E-state index in [1.54, 1.807) is 33.5 Å². The number of hydrogen-bond acceptors (Lipinski definition) is 8. The number of hydrogen-bond donors (Lipinski definition) is 0. The number of carbonyl (C=O) groups is 1. The minimum absolute atomic E-state index is 0.0409. The summed E-state index contributed by atoms with van der Waals surface area (Å²) in [6.45, 7) is 2.04. The van der Waals surface area contributed by atoms with Crippen LogP contribution in [0, 0.1) is 0 Å². The van der Waals surface area contributed by atoms with Crippen molar-refractivity contribution >= 4 is 5.78 Å². The summed E-state index contributed by atoms with van der Waals surface area (Å²) < 4.78 is 32.6. The molecule has 0 N–H and O–H groups in total. The van der Waals surface area contributed by atoms with Crippen LogP contribution in [0.1, 0.15) is 25.5 Å².